The number of benzene rings is 1. The third kappa shape index (κ3) is 2.51. The number of aromatic nitrogens is 1. The van der Waals surface area contributed by atoms with Crippen molar-refractivity contribution in [1.29, 1.82) is 0 Å². The van der Waals surface area contributed by atoms with Gasteiger partial charge in [0.2, 0.25) is 5.88 Å². The molecule has 2 rings (SSSR count). The molecule has 0 bridgehead atoms. The lowest BCUT2D eigenvalue weighted by molar-refractivity contribution is 0.399. The van der Waals surface area contributed by atoms with Gasteiger partial charge in [0.25, 0.3) is 0 Å². The number of hydrogen-bond acceptors (Lipinski definition) is 3. The number of pyridine rings is 1. The minimum absolute atomic E-state index is 0.608. The molecular formula is C13H15ClN2O. The summed E-state index contributed by atoms with van der Waals surface area (Å²) in [5, 5.41) is 4.87. The van der Waals surface area contributed by atoms with Crippen LogP contribution in [0, 0.1) is 0 Å². The summed E-state index contributed by atoms with van der Waals surface area (Å²) in [4.78, 5) is 4.35. The molecule has 0 radical (unpaired) electrons. The van der Waals surface area contributed by atoms with Gasteiger partial charge in [0.1, 0.15) is 0 Å². The van der Waals surface area contributed by atoms with E-state index >= 15 is 0 Å². The van der Waals surface area contributed by atoms with Crippen molar-refractivity contribution in [3.63, 3.8) is 0 Å². The van der Waals surface area contributed by atoms with Gasteiger partial charge in [0.05, 0.1) is 17.6 Å². The Kier molecular flexibility index (Phi) is 3.82. The molecule has 0 unspecified atom stereocenters. The predicted octanol–water partition coefficient (Wildman–Crippen LogP) is 2.66. The van der Waals surface area contributed by atoms with Crippen LogP contribution < -0.4 is 10.1 Å². The van der Waals surface area contributed by atoms with E-state index < -0.39 is 0 Å². The molecule has 0 atom stereocenters. The highest BCUT2D eigenvalue weighted by atomic mass is 35.5. The van der Waals surface area contributed by atoms with E-state index in [0.717, 1.165) is 34.5 Å². The Bertz CT molecular complexity index is 528. The fourth-order valence-corrected chi connectivity index (χ4v) is 2.08. The molecule has 1 aromatic carbocycles. The van der Waals surface area contributed by atoms with Crippen LogP contribution in [0.25, 0.3) is 10.9 Å². The maximum absolute atomic E-state index is 6.36. The number of halogens is 1. The fraction of sp³-hybridized carbons (Fsp3) is 0.308. The van der Waals surface area contributed by atoms with Gasteiger partial charge < -0.3 is 10.1 Å². The second-order valence-electron chi connectivity index (χ2n) is 3.81. The average Bonchev–Trinajstić information content (AvgIpc) is 2.37. The quantitative estimate of drug-likeness (QED) is 0.906. The van der Waals surface area contributed by atoms with E-state index in [2.05, 4.69) is 10.3 Å². The summed E-state index contributed by atoms with van der Waals surface area (Å²) in [5.74, 6) is 0.608. The molecule has 1 N–H and O–H groups in total. The van der Waals surface area contributed by atoms with Crippen LogP contribution in [0.3, 0.4) is 0 Å². The number of methoxy groups -OCH3 is 1. The van der Waals surface area contributed by atoms with E-state index in [0.29, 0.717) is 5.88 Å². The third-order valence-electron chi connectivity index (χ3n) is 2.71. The van der Waals surface area contributed by atoms with Crippen LogP contribution in [0.5, 0.6) is 5.88 Å². The van der Waals surface area contributed by atoms with Gasteiger partial charge in [-0.2, -0.15) is 0 Å². The normalized spacial score (nSPS) is 10.8. The van der Waals surface area contributed by atoms with Crippen LogP contribution in [0.4, 0.5) is 0 Å². The minimum Gasteiger partial charge on any atom is -0.481 e. The third-order valence-corrected chi connectivity index (χ3v) is 3.16. The summed E-state index contributed by atoms with van der Waals surface area (Å²) in [6, 6.07) is 7.78. The fourth-order valence-electron chi connectivity index (χ4n) is 1.76. The number of likely N-dealkylation sites (N-methyl/N-ethyl adjacent to an activating group) is 1. The first-order valence-corrected chi connectivity index (χ1v) is 5.91. The van der Waals surface area contributed by atoms with Gasteiger partial charge in [-0.25, -0.2) is 4.98 Å². The molecule has 3 nitrogen and oxygen atoms in total. The lowest BCUT2D eigenvalue weighted by Gasteiger charge is -2.08. The highest BCUT2D eigenvalue weighted by Gasteiger charge is 2.07. The summed E-state index contributed by atoms with van der Waals surface area (Å²) in [5.41, 5.74) is 2.00. The van der Waals surface area contributed by atoms with Crippen molar-refractivity contribution in [1.82, 2.24) is 10.3 Å². The Hall–Kier alpha value is -1.32. The van der Waals surface area contributed by atoms with E-state index in [1.54, 1.807) is 7.11 Å². The molecule has 1 aromatic heterocycles. The number of hydrogen-bond donors (Lipinski definition) is 1. The second kappa shape index (κ2) is 5.34. The summed E-state index contributed by atoms with van der Waals surface area (Å²) >= 11 is 6.36. The first-order valence-electron chi connectivity index (χ1n) is 5.53. The minimum atomic E-state index is 0.608. The van der Waals surface area contributed by atoms with Crippen molar-refractivity contribution >= 4 is 22.5 Å². The van der Waals surface area contributed by atoms with E-state index in [9.17, 15) is 0 Å². The zero-order valence-corrected chi connectivity index (χ0v) is 10.7. The molecule has 0 aliphatic heterocycles. The zero-order chi connectivity index (χ0) is 12.3. The molecule has 0 saturated heterocycles. The van der Waals surface area contributed by atoms with Gasteiger partial charge in [-0.1, -0.05) is 17.7 Å². The molecule has 0 saturated carbocycles. The van der Waals surface area contributed by atoms with Crippen LogP contribution in [0.2, 0.25) is 5.02 Å². The van der Waals surface area contributed by atoms with Crippen molar-refractivity contribution in [3.05, 3.63) is 34.9 Å². The molecule has 2 aromatic rings. The molecule has 0 aliphatic rings. The van der Waals surface area contributed by atoms with E-state index in [1.807, 2.05) is 31.3 Å². The molecule has 90 valence electrons. The smallest absolute Gasteiger partial charge is 0.213 e. The molecule has 0 aliphatic carbocycles. The molecule has 0 amide bonds. The zero-order valence-electron chi connectivity index (χ0n) is 9.96. The number of rotatable bonds is 4. The van der Waals surface area contributed by atoms with Crippen LogP contribution in [-0.2, 0) is 6.42 Å². The van der Waals surface area contributed by atoms with Gasteiger partial charge in [-0.3, -0.25) is 0 Å². The van der Waals surface area contributed by atoms with Gasteiger partial charge in [-0.05, 0) is 37.7 Å². The first-order chi connectivity index (χ1) is 8.26. The van der Waals surface area contributed by atoms with Crippen molar-refractivity contribution in [2.45, 2.75) is 6.42 Å². The van der Waals surface area contributed by atoms with Crippen molar-refractivity contribution in [2.24, 2.45) is 0 Å². The monoisotopic (exact) mass is 250 g/mol. The van der Waals surface area contributed by atoms with Crippen LogP contribution in [0.1, 0.15) is 5.56 Å². The lowest BCUT2D eigenvalue weighted by atomic mass is 10.1. The number of ether oxygens (including phenoxy) is 1. The SMILES string of the molecule is CNCCc1ccc2nc(OC)ccc2c1Cl. The van der Waals surface area contributed by atoms with Gasteiger partial charge in [0.15, 0.2) is 0 Å². The van der Waals surface area contributed by atoms with Crippen molar-refractivity contribution in [3.8, 4) is 5.88 Å². The molecular weight excluding hydrogens is 236 g/mol. The highest BCUT2D eigenvalue weighted by Crippen LogP contribution is 2.28. The molecule has 17 heavy (non-hydrogen) atoms. The summed E-state index contributed by atoms with van der Waals surface area (Å²) < 4.78 is 5.09. The maximum Gasteiger partial charge on any atom is 0.213 e. The Balaban J connectivity index is 2.45. The second-order valence-corrected chi connectivity index (χ2v) is 4.19. The van der Waals surface area contributed by atoms with Crippen molar-refractivity contribution in [2.75, 3.05) is 20.7 Å². The molecule has 0 fully saturated rings. The van der Waals surface area contributed by atoms with E-state index in [4.69, 9.17) is 16.3 Å². The van der Waals surface area contributed by atoms with E-state index in [-0.39, 0.29) is 0 Å². The Morgan fingerprint density at radius 1 is 1.29 bits per heavy atom. The highest BCUT2D eigenvalue weighted by molar-refractivity contribution is 6.36. The average molecular weight is 251 g/mol. The van der Waals surface area contributed by atoms with Gasteiger partial charge in [0, 0.05) is 11.5 Å². The lowest BCUT2D eigenvalue weighted by Crippen LogP contribution is -2.10. The van der Waals surface area contributed by atoms with Crippen molar-refractivity contribution < 1.29 is 4.74 Å². The summed E-state index contributed by atoms with van der Waals surface area (Å²) in [7, 11) is 3.54. The van der Waals surface area contributed by atoms with Crippen LogP contribution in [0.15, 0.2) is 24.3 Å². The Morgan fingerprint density at radius 3 is 2.82 bits per heavy atom. The van der Waals surface area contributed by atoms with Gasteiger partial charge in [-0.15, -0.1) is 0 Å². The standard InChI is InChI=1S/C13H15ClN2O/c1-15-8-7-9-3-5-11-10(13(9)14)4-6-12(16-11)17-2/h3-6,15H,7-8H2,1-2H3. The van der Waals surface area contributed by atoms with Gasteiger partial charge >= 0.3 is 0 Å². The maximum atomic E-state index is 6.36. The molecule has 4 heteroatoms. The first kappa shape index (κ1) is 12.1. The summed E-state index contributed by atoms with van der Waals surface area (Å²) in [6.45, 7) is 0.912. The molecule has 0 spiro atoms. The number of nitrogens with zero attached hydrogens (tertiary/aromatic N) is 1. The van der Waals surface area contributed by atoms with E-state index in [1.165, 1.54) is 0 Å². The Morgan fingerprint density at radius 2 is 2.12 bits per heavy atom. The number of fused-ring (bicyclic) bond motifs is 1. The summed E-state index contributed by atoms with van der Waals surface area (Å²) in [6.07, 6.45) is 0.914. The topological polar surface area (TPSA) is 34.2 Å². The van der Waals surface area contributed by atoms with Crippen LogP contribution in [-0.4, -0.2) is 25.7 Å². The van der Waals surface area contributed by atoms with Crippen LogP contribution >= 0.6 is 11.6 Å². The largest absolute Gasteiger partial charge is 0.481 e. The predicted molar refractivity (Wildman–Crippen MR) is 70.9 cm³/mol. The molecule has 1 heterocycles. The number of nitrogens with one attached hydrogen (secondary N) is 1. The Labute approximate surface area is 106 Å².